The smallest absolute Gasteiger partial charge is 0.167 e. The lowest BCUT2D eigenvalue weighted by Crippen LogP contribution is -2.26. The molecule has 0 amide bonds. The molecule has 4 aromatic heterocycles. The lowest BCUT2D eigenvalue weighted by Gasteiger charge is -2.23. The van der Waals surface area contributed by atoms with Gasteiger partial charge in [-0.15, -0.1) is 0 Å². The van der Waals surface area contributed by atoms with Gasteiger partial charge in [0.25, 0.3) is 0 Å². The molecule has 0 spiro atoms. The third kappa shape index (κ3) is 3.50. The predicted octanol–water partition coefficient (Wildman–Crippen LogP) is 3.57. The molecule has 0 aromatic carbocycles. The molecule has 9 nitrogen and oxygen atoms in total. The maximum atomic E-state index is 14.4. The van der Waals surface area contributed by atoms with Gasteiger partial charge in [-0.3, -0.25) is 4.68 Å². The minimum absolute atomic E-state index is 0.0797. The van der Waals surface area contributed by atoms with E-state index in [9.17, 15) is 9.65 Å². The fourth-order valence-corrected chi connectivity index (χ4v) is 4.44. The molecule has 0 bridgehead atoms. The second kappa shape index (κ2) is 8.09. The minimum atomic E-state index is -0.509. The van der Waals surface area contributed by atoms with Crippen LogP contribution in [0.4, 0.5) is 15.9 Å². The zero-order chi connectivity index (χ0) is 22.2. The maximum Gasteiger partial charge on any atom is 0.167 e. The first-order valence-electron chi connectivity index (χ1n) is 10.1. The van der Waals surface area contributed by atoms with E-state index in [1.807, 2.05) is 28.0 Å². The monoisotopic (exact) mass is 451 g/mol. The van der Waals surface area contributed by atoms with Gasteiger partial charge < -0.3 is 15.6 Å². The summed E-state index contributed by atoms with van der Waals surface area (Å²) < 4.78 is 16.3. The Hall–Kier alpha value is -3.71. The number of nitrogens with two attached hydrogens (primary N) is 1. The number of nitrogen functional groups attached to an aromatic ring is 1. The number of hydrogen-bond acceptors (Lipinski definition) is 7. The number of aromatic nitrogens is 6. The maximum absolute atomic E-state index is 14.4. The van der Waals surface area contributed by atoms with Gasteiger partial charge in [0, 0.05) is 48.4 Å². The van der Waals surface area contributed by atoms with E-state index >= 15 is 0 Å². The molecule has 1 aliphatic heterocycles. The number of pyridine rings is 1. The highest BCUT2D eigenvalue weighted by Gasteiger charge is 2.33. The molecule has 11 heteroatoms. The Bertz CT molecular complexity index is 1320. The van der Waals surface area contributed by atoms with Crippen LogP contribution in [0.2, 0.25) is 5.15 Å². The molecule has 162 valence electrons. The lowest BCUT2D eigenvalue weighted by atomic mass is 9.96. The van der Waals surface area contributed by atoms with Crippen molar-refractivity contribution < 1.29 is 4.39 Å². The fourth-order valence-electron chi connectivity index (χ4n) is 4.30. The molecule has 0 aliphatic carbocycles. The molecule has 0 saturated carbocycles. The largest absolute Gasteiger partial charge is 0.396 e. The van der Waals surface area contributed by atoms with Gasteiger partial charge in [-0.2, -0.15) is 10.4 Å². The summed E-state index contributed by atoms with van der Waals surface area (Å²) >= 11 is 6.00. The summed E-state index contributed by atoms with van der Waals surface area (Å²) in [4.78, 5) is 17.7. The quantitative estimate of drug-likeness (QED) is 0.444. The van der Waals surface area contributed by atoms with Crippen LogP contribution in [0.5, 0.6) is 0 Å². The molecule has 2 atom stereocenters. The standard InChI is InChI=1S/C21H19ClFN9/c22-19-16(25)7-15(23)21(30-19)31-6-3-12(9-31)17(1-4-24)32-10-13(8-29-32)18-14-2-5-26-20(14)28-11-27-18/h2,5,7-8,10-12,17H,1,3,6,9,25H2,(H,26,27,28)/t12-,17?/m0/s1. The van der Waals surface area contributed by atoms with Crippen molar-refractivity contribution in [1.29, 1.82) is 5.26 Å². The number of hydrogen-bond donors (Lipinski definition) is 2. The van der Waals surface area contributed by atoms with Crippen molar-refractivity contribution >= 4 is 34.1 Å². The Morgan fingerprint density at radius 3 is 3.12 bits per heavy atom. The van der Waals surface area contributed by atoms with E-state index in [4.69, 9.17) is 17.3 Å². The van der Waals surface area contributed by atoms with Crippen LogP contribution in [0.1, 0.15) is 18.9 Å². The fraction of sp³-hybridized carbons (Fsp3) is 0.286. The van der Waals surface area contributed by atoms with Crippen molar-refractivity contribution in [2.45, 2.75) is 18.9 Å². The highest BCUT2D eigenvalue weighted by atomic mass is 35.5. The van der Waals surface area contributed by atoms with Crippen molar-refractivity contribution in [3.8, 4) is 17.3 Å². The van der Waals surface area contributed by atoms with Gasteiger partial charge in [0.15, 0.2) is 16.8 Å². The Balaban J connectivity index is 1.41. The highest BCUT2D eigenvalue weighted by Crippen LogP contribution is 2.35. The van der Waals surface area contributed by atoms with Crippen molar-refractivity contribution in [3.05, 3.63) is 48.0 Å². The van der Waals surface area contributed by atoms with E-state index in [2.05, 4.69) is 31.1 Å². The van der Waals surface area contributed by atoms with E-state index in [1.54, 1.807) is 6.20 Å². The van der Waals surface area contributed by atoms with Gasteiger partial charge in [0.1, 0.15) is 12.0 Å². The molecule has 1 aliphatic rings. The summed E-state index contributed by atoms with van der Waals surface area (Å²) in [5, 5.41) is 15.0. The van der Waals surface area contributed by atoms with Gasteiger partial charge in [-0.05, 0) is 12.5 Å². The van der Waals surface area contributed by atoms with E-state index in [1.165, 1.54) is 12.4 Å². The van der Waals surface area contributed by atoms with Crippen LogP contribution >= 0.6 is 11.6 Å². The Morgan fingerprint density at radius 1 is 1.41 bits per heavy atom. The average Bonchev–Trinajstić information content (AvgIpc) is 3.54. The minimum Gasteiger partial charge on any atom is -0.396 e. The number of nitrogens with one attached hydrogen (secondary N) is 1. The summed E-state index contributed by atoms with van der Waals surface area (Å²) in [5.74, 6) is -0.248. The third-order valence-corrected chi connectivity index (χ3v) is 6.18. The van der Waals surface area contributed by atoms with E-state index in [-0.39, 0.29) is 35.0 Å². The zero-order valence-electron chi connectivity index (χ0n) is 16.9. The van der Waals surface area contributed by atoms with Crippen LogP contribution in [-0.2, 0) is 0 Å². The molecule has 5 heterocycles. The number of rotatable bonds is 5. The normalized spacial score (nSPS) is 17.0. The van der Waals surface area contributed by atoms with Gasteiger partial charge in [0.2, 0.25) is 0 Å². The third-order valence-electron chi connectivity index (χ3n) is 5.88. The highest BCUT2D eigenvalue weighted by molar-refractivity contribution is 6.31. The van der Waals surface area contributed by atoms with Gasteiger partial charge in [-0.25, -0.2) is 19.3 Å². The van der Waals surface area contributed by atoms with E-state index < -0.39 is 5.82 Å². The van der Waals surface area contributed by atoms with Gasteiger partial charge in [0.05, 0.1) is 36.1 Å². The molecule has 4 aromatic rings. The number of aromatic amines is 1. The van der Waals surface area contributed by atoms with Crippen LogP contribution in [0.25, 0.3) is 22.3 Å². The molecule has 5 rings (SSSR count). The van der Waals surface area contributed by atoms with Crippen LogP contribution in [0, 0.1) is 23.1 Å². The summed E-state index contributed by atoms with van der Waals surface area (Å²) in [7, 11) is 0. The number of nitriles is 1. The topological polar surface area (TPSA) is 125 Å². The number of halogens is 2. The average molecular weight is 452 g/mol. The Kier molecular flexibility index (Phi) is 5.11. The molecule has 0 radical (unpaired) electrons. The van der Waals surface area contributed by atoms with Crippen LogP contribution in [-0.4, -0.2) is 42.8 Å². The molecule has 1 fully saturated rings. The van der Waals surface area contributed by atoms with Crippen LogP contribution < -0.4 is 10.6 Å². The van der Waals surface area contributed by atoms with Crippen molar-refractivity contribution in [2.75, 3.05) is 23.7 Å². The summed E-state index contributed by atoms with van der Waals surface area (Å²) in [6.45, 7) is 1.13. The number of nitrogens with zero attached hydrogens (tertiary/aromatic N) is 7. The molecular weight excluding hydrogens is 433 g/mol. The first-order valence-corrected chi connectivity index (χ1v) is 10.5. The van der Waals surface area contributed by atoms with Crippen LogP contribution in [0.3, 0.4) is 0 Å². The second-order valence-electron chi connectivity index (χ2n) is 7.77. The summed E-state index contributed by atoms with van der Waals surface area (Å²) in [6.07, 6.45) is 8.01. The molecule has 1 unspecified atom stereocenters. The van der Waals surface area contributed by atoms with E-state index in [0.717, 1.165) is 28.7 Å². The zero-order valence-corrected chi connectivity index (χ0v) is 17.7. The Labute approximate surface area is 187 Å². The first kappa shape index (κ1) is 20.2. The molecule has 32 heavy (non-hydrogen) atoms. The van der Waals surface area contributed by atoms with Crippen molar-refractivity contribution in [2.24, 2.45) is 5.92 Å². The van der Waals surface area contributed by atoms with E-state index in [0.29, 0.717) is 13.1 Å². The number of anilines is 2. The van der Waals surface area contributed by atoms with Crippen LogP contribution in [0.15, 0.2) is 37.1 Å². The number of H-pyrrole nitrogens is 1. The van der Waals surface area contributed by atoms with Crippen molar-refractivity contribution in [3.63, 3.8) is 0 Å². The second-order valence-corrected chi connectivity index (χ2v) is 8.13. The Morgan fingerprint density at radius 2 is 2.28 bits per heavy atom. The molecular formula is C21H19ClFN9. The number of fused-ring (bicyclic) bond motifs is 1. The summed E-state index contributed by atoms with van der Waals surface area (Å²) in [5.41, 5.74) is 8.12. The molecule has 1 saturated heterocycles. The predicted molar refractivity (Wildman–Crippen MR) is 118 cm³/mol. The van der Waals surface area contributed by atoms with Gasteiger partial charge >= 0.3 is 0 Å². The van der Waals surface area contributed by atoms with Crippen molar-refractivity contribution in [1.82, 2.24) is 29.7 Å². The lowest BCUT2D eigenvalue weighted by molar-refractivity contribution is 0.331. The SMILES string of the molecule is N#CCC([C@H]1CCN(c2nc(Cl)c(N)cc2F)C1)n1cc(-c2ncnc3[nH]ccc23)cn1. The first-order chi connectivity index (χ1) is 15.5. The van der Waals surface area contributed by atoms with Gasteiger partial charge in [-0.1, -0.05) is 11.6 Å². The summed E-state index contributed by atoms with van der Waals surface area (Å²) in [6, 6.07) is 5.20. The molecule has 3 N–H and O–H groups in total.